The van der Waals surface area contributed by atoms with Crippen molar-refractivity contribution in [2.24, 2.45) is 0 Å². The Hall–Kier alpha value is -1.56. The summed E-state index contributed by atoms with van der Waals surface area (Å²) in [4.78, 5) is 1.32. The zero-order valence-corrected chi connectivity index (χ0v) is 15.8. The van der Waals surface area contributed by atoms with Gasteiger partial charge in [-0.05, 0) is 30.7 Å². The Morgan fingerprint density at radius 3 is 2.79 bits per heavy atom. The summed E-state index contributed by atoms with van der Waals surface area (Å²) in [5.74, 6) is 1.78. The normalized spacial score (nSPS) is 11.6. The van der Waals surface area contributed by atoms with E-state index in [4.69, 9.17) is 11.6 Å². The summed E-state index contributed by atoms with van der Waals surface area (Å²) in [5.41, 5.74) is 3.49. The van der Waals surface area contributed by atoms with E-state index < -0.39 is 0 Å². The molecule has 0 amide bonds. The third-order valence-corrected chi connectivity index (χ3v) is 6.36. The molecule has 0 aliphatic heterocycles. The monoisotopic (exact) mass is 373 g/mol. The smallest absolute Gasteiger partial charge is 0.143 e. The number of hydrogen-bond donors (Lipinski definition) is 0. The molecule has 0 saturated carbocycles. The van der Waals surface area contributed by atoms with Gasteiger partial charge in [-0.2, -0.15) is 0 Å². The second-order valence-electron chi connectivity index (χ2n) is 5.63. The van der Waals surface area contributed by atoms with Crippen LogP contribution in [0.5, 0.6) is 0 Å². The van der Waals surface area contributed by atoms with Crippen LogP contribution in [0, 0.1) is 6.92 Å². The lowest BCUT2D eigenvalue weighted by Gasteiger charge is -2.08. The third-order valence-electron chi connectivity index (χ3n) is 3.98. The third kappa shape index (κ3) is 2.70. The predicted molar refractivity (Wildman–Crippen MR) is 103 cm³/mol. The van der Waals surface area contributed by atoms with Crippen molar-refractivity contribution in [1.82, 2.24) is 14.6 Å². The van der Waals surface area contributed by atoms with E-state index in [9.17, 15) is 0 Å². The summed E-state index contributed by atoms with van der Waals surface area (Å²) in [6.45, 7) is 4.26. The second-order valence-corrected chi connectivity index (χ2v) is 8.29. The van der Waals surface area contributed by atoms with Crippen LogP contribution >= 0.6 is 34.7 Å². The minimum absolute atomic E-state index is 0.785. The van der Waals surface area contributed by atoms with E-state index in [1.165, 1.54) is 15.1 Å². The Labute approximate surface area is 153 Å². The lowest BCUT2D eigenvalue weighted by molar-refractivity contribution is 0.793. The first-order valence-corrected chi connectivity index (χ1v) is 9.98. The Bertz CT molecular complexity index is 1040. The number of fused-ring (bicyclic) bond motifs is 3. The number of nitrogens with zero attached hydrogens (tertiary/aromatic N) is 3. The van der Waals surface area contributed by atoms with Gasteiger partial charge in [-0.3, -0.25) is 4.40 Å². The molecule has 0 atom stereocenters. The first kappa shape index (κ1) is 15.9. The minimum atomic E-state index is 0.785. The van der Waals surface area contributed by atoms with Crippen molar-refractivity contribution in [3.05, 3.63) is 57.7 Å². The molecule has 3 aromatic heterocycles. The van der Waals surface area contributed by atoms with Gasteiger partial charge in [0.25, 0.3) is 0 Å². The number of aryl methyl sites for hydroxylation is 2. The zero-order valence-electron chi connectivity index (χ0n) is 13.4. The number of thioether (sulfide) groups is 1. The average molecular weight is 374 g/mol. The van der Waals surface area contributed by atoms with E-state index in [-0.39, 0.29) is 0 Å². The van der Waals surface area contributed by atoms with Crippen LogP contribution in [0.25, 0.3) is 15.7 Å². The summed E-state index contributed by atoms with van der Waals surface area (Å²) in [6, 6.07) is 12.4. The number of halogens is 1. The van der Waals surface area contributed by atoms with Gasteiger partial charge in [0.2, 0.25) is 0 Å². The zero-order chi connectivity index (χ0) is 16.7. The van der Waals surface area contributed by atoms with Crippen LogP contribution in [0.2, 0.25) is 5.02 Å². The molecule has 0 unspecified atom stereocenters. The lowest BCUT2D eigenvalue weighted by Crippen LogP contribution is -2.03. The first-order chi connectivity index (χ1) is 11.7. The number of rotatable bonds is 4. The van der Waals surface area contributed by atoms with E-state index in [0.717, 1.165) is 39.1 Å². The highest BCUT2D eigenvalue weighted by Gasteiger charge is 2.15. The molecule has 0 fully saturated rings. The highest BCUT2D eigenvalue weighted by molar-refractivity contribution is 7.98. The van der Waals surface area contributed by atoms with Gasteiger partial charge >= 0.3 is 0 Å². The molecule has 4 aromatic rings. The van der Waals surface area contributed by atoms with Crippen LogP contribution in [0.3, 0.4) is 0 Å². The van der Waals surface area contributed by atoms with Gasteiger partial charge in [-0.25, -0.2) is 0 Å². The maximum Gasteiger partial charge on any atom is 0.143 e. The van der Waals surface area contributed by atoms with Crippen molar-refractivity contribution in [3.8, 4) is 0 Å². The molecule has 0 N–H and O–H groups in total. The quantitative estimate of drug-likeness (QED) is 0.426. The van der Waals surface area contributed by atoms with Crippen molar-refractivity contribution in [3.63, 3.8) is 0 Å². The Morgan fingerprint density at radius 1 is 1.17 bits per heavy atom. The van der Waals surface area contributed by atoms with Gasteiger partial charge in [0.05, 0.1) is 15.7 Å². The van der Waals surface area contributed by atoms with E-state index >= 15 is 0 Å². The lowest BCUT2D eigenvalue weighted by atomic mass is 10.2. The van der Waals surface area contributed by atoms with Crippen molar-refractivity contribution in [2.45, 2.75) is 31.0 Å². The molecule has 0 saturated heterocycles. The molecular formula is C18H16ClN3S2. The van der Waals surface area contributed by atoms with Crippen molar-refractivity contribution >= 4 is 50.4 Å². The summed E-state index contributed by atoms with van der Waals surface area (Å²) in [6.07, 6.45) is 0.859. The molecule has 0 spiro atoms. The Kier molecular flexibility index (Phi) is 4.24. The molecule has 0 radical (unpaired) electrons. The van der Waals surface area contributed by atoms with Crippen LogP contribution in [0.15, 0.2) is 41.4 Å². The predicted octanol–water partition coefficient (Wildman–Crippen LogP) is 5.76. The van der Waals surface area contributed by atoms with Crippen LogP contribution in [-0.4, -0.2) is 14.6 Å². The standard InChI is InChI=1S/C18H16ClN3S2/c1-3-17-20-21-18(23-10-12-6-4-5-7-13(12)19)15-9-16-14(22(15)17)8-11(2)24-16/h4-9H,3,10H2,1-2H3. The van der Waals surface area contributed by atoms with Gasteiger partial charge in [0.1, 0.15) is 10.9 Å². The van der Waals surface area contributed by atoms with Crippen molar-refractivity contribution in [1.29, 1.82) is 0 Å². The summed E-state index contributed by atoms with van der Waals surface area (Å²) < 4.78 is 3.54. The molecular weight excluding hydrogens is 358 g/mol. The molecule has 4 rings (SSSR count). The van der Waals surface area contributed by atoms with Crippen LogP contribution in [0.1, 0.15) is 23.2 Å². The van der Waals surface area contributed by atoms with Crippen LogP contribution < -0.4 is 0 Å². The highest BCUT2D eigenvalue weighted by atomic mass is 35.5. The van der Waals surface area contributed by atoms with E-state index in [1.54, 1.807) is 11.8 Å². The second kappa shape index (κ2) is 6.39. The molecule has 0 aliphatic carbocycles. The van der Waals surface area contributed by atoms with Gasteiger partial charge < -0.3 is 0 Å². The fraction of sp³-hybridized carbons (Fsp3) is 0.222. The van der Waals surface area contributed by atoms with Gasteiger partial charge in [-0.15, -0.1) is 21.5 Å². The Balaban J connectivity index is 1.78. The van der Waals surface area contributed by atoms with Gasteiger partial charge in [0.15, 0.2) is 0 Å². The van der Waals surface area contributed by atoms with Gasteiger partial charge in [0, 0.05) is 22.1 Å². The number of hydrogen-bond acceptors (Lipinski definition) is 4. The first-order valence-electron chi connectivity index (χ1n) is 7.80. The maximum absolute atomic E-state index is 6.27. The molecule has 0 bridgehead atoms. The topological polar surface area (TPSA) is 30.2 Å². The number of thiophene rings is 1. The molecule has 6 heteroatoms. The molecule has 3 nitrogen and oxygen atoms in total. The van der Waals surface area contributed by atoms with E-state index in [1.807, 2.05) is 29.5 Å². The molecule has 122 valence electrons. The van der Waals surface area contributed by atoms with Crippen molar-refractivity contribution in [2.75, 3.05) is 0 Å². The van der Waals surface area contributed by atoms with E-state index in [0.29, 0.717) is 0 Å². The summed E-state index contributed by atoms with van der Waals surface area (Å²) in [7, 11) is 0. The Morgan fingerprint density at radius 2 is 2.00 bits per heavy atom. The minimum Gasteiger partial charge on any atom is -0.293 e. The number of aromatic nitrogens is 3. The fourth-order valence-corrected chi connectivity index (χ4v) is 5.01. The number of benzene rings is 1. The van der Waals surface area contributed by atoms with Gasteiger partial charge in [-0.1, -0.05) is 48.5 Å². The molecule has 3 heterocycles. The molecule has 0 aliphatic rings. The fourth-order valence-electron chi connectivity index (χ4n) is 2.84. The average Bonchev–Trinajstić information content (AvgIpc) is 3.10. The SMILES string of the molecule is CCc1nnc(SCc2ccccc2Cl)c2cc3sc(C)cc3n12. The largest absolute Gasteiger partial charge is 0.293 e. The van der Waals surface area contributed by atoms with Crippen LogP contribution in [-0.2, 0) is 12.2 Å². The van der Waals surface area contributed by atoms with E-state index in [2.05, 4.69) is 46.6 Å². The molecule has 24 heavy (non-hydrogen) atoms. The highest BCUT2D eigenvalue weighted by Crippen LogP contribution is 2.34. The molecule has 1 aromatic carbocycles. The van der Waals surface area contributed by atoms with Crippen molar-refractivity contribution < 1.29 is 0 Å². The summed E-state index contributed by atoms with van der Waals surface area (Å²) in [5, 5.41) is 10.7. The maximum atomic E-state index is 6.27. The van der Waals surface area contributed by atoms with Crippen LogP contribution in [0.4, 0.5) is 0 Å². The summed E-state index contributed by atoms with van der Waals surface area (Å²) >= 11 is 9.77.